The Balaban J connectivity index is 1.23. The molecule has 0 aliphatic carbocycles. The van der Waals surface area contributed by atoms with Gasteiger partial charge in [-0.15, -0.1) is 0 Å². The first kappa shape index (κ1) is 29.0. The highest BCUT2D eigenvalue weighted by atomic mass is 16.3. The third-order valence-corrected chi connectivity index (χ3v) is 9.68. The molecule has 51 heavy (non-hydrogen) atoms. The number of aromatic nitrogens is 3. The Morgan fingerprint density at radius 3 is 1.78 bits per heavy atom. The van der Waals surface area contributed by atoms with Gasteiger partial charge in [-0.1, -0.05) is 115 Å². The van der Waals surface area contributed by atoms with Gasteiger partial charge >= 0.3 is 0 Å². The largest absolute Gasteiger partial charge is 0.454 e. The Morgan fingerprint density at radius 2 is 1.00 bits per heavy atom. The molecule has 0 fully saturated rings. The Bertz CT molecular complexity index is 2930. The van der Waals surface area contributed by atoms with E-state index < -0.39 is 0 Å². The minimum atomic E-state index is 0.679. The summed E-state index contributed by atoms with van der Waals surface area (Å²) in [5.74, 6) is 0.679. The molecule has 3 heterocycles. The molecule has 10 rings (SSSR count). The second-order valence-corrected chi connectivity index (χ2v) is 12.9. The van der Waals surface area contributed by atoms with Crippen molar-refractivity contribution in [3.63, 3.8) is 0 Å². The minimum Gasteiger partial charge on any atom is -0.454 e. The van der Waals surface area contributed by atoms with E-state index in [1.54, 1.807) is 0 Å². The molecule has 3 aromatic heterocycles. The van der Waals surface area contributed by atoms with E-state index in [1.807, 2.05) is 48.7 Å². The first-order valence-electron chi connectivity index (χ1n) is 17.1. The van der Waals surface area contributed by atoms with E-state index in [2.05, 4.69) is 127 Å². The summed E-state index contributed by atoms with van der Waals surface area (Å²) in [5.41, 5.74) is 11.3. The number of para-hydroxylation sites is 1. The zero-order valence-electron chi connectivity index (χ0n) is 27.5. The standard InChI is InChI=1S/C47H29N3O/c1-2-12-32(13-3-1)42-29-43(50-47(49-42)36-21-19-31-11-5-7-15-34(31)25-36)39-27-37(35-20-18-30-10-4-6-14-33(30)24-35)26-38(28-39)40-22-23-48-45-41-16-8-9-17-44(41)51-46(40)45/h1-29H. The molecule has 0 saturated heterocycles. The number of rotatable bonds is 5. The molecule has 10 aromatic rings. The summed E-state index contributed by atoms with van der Waals surface area (Å²) in [4.78, 5) is 15.2. The van der Waals surface area contributed by atoms with E-state index in [9.17, 15) is 0 Å². The molecular formula is C47H29N3O. The highest BCUT2D eigenvalue weighted by Crippen LogP contribution is 2.39. The van der Waals surface area contributed by atoms with Crippen molar-refractivity contribution in [1.29, 1.82) is 0 Å². The van der Waals surface area contributed by atoms with Gasteiger partial charge in [0.25, 0.3) is 0 Å². The molecule has 0 aliphatic heterocycles. The highest BCUT2D eigenvalue weighted by Gasteiger charge is 2.17. The monoisotopic (exact) mass is 651 g/mol. The molecule has 0 atom stereocenters. The van der Waals surface area contributed by atoms with Gasteiger partial charge in [0.2, 0.25) is 0 Å². The molecule has 0 N–H and O–H groups in total. The Morgan fingerprint density at radius 1 is 0.392 bits per heavy atom. The lowest BCUT2D eigenvalue weighted by Gasteiger charge is -2.14. The zero-order chi connectivity index (χ0) is 33.7. The van der Waals surface area contributed by atoms with E-state index >= 15 is 0 Å². The van der Waals surface area contributed by atoms with Gasteiger partial charge in [-0.3, -0.25) is 4.98 Å². The number of benzene rings is 7. The van der Waals surface area contributed by atoms with Crippen LogP contribution in [0.5, 0.6) is 0 Å². The number of hydrogen-bond acceptors (Lipinski definition) is 4. The summed E-state index contributed by atoms with van der Waals surface area (Å²) in [6.07, 6.45) is 1.87. The van der Waals surface area contributed by atoms with E-state index in [-0.39, 0.29) is 0 Å². The molecule has 0 unspecified atom stereocenters. The van der Waals surface area contributed by atoms with Crippen molar-refractivity contribution in [2.75, 3.05) is 0 Å². The van der Waals surface area contributed by atoms with E-state index in [0.717, 1.165) is 77.8 Å². The lowest BCUT2D eigenvalue weighted by Crippen LogP contribution is -1.97. The fourth-order valence-corrected chi connectivity index (χ4v) is 7.11. The van der Waals surface area contributed by atoms with Gasteiger partial charge in [-0.05, 0) is 92.8 Å². The zero-order valence-corrected chi connectivity index (χ0v) is 27.5. The molecule has 4 nitrogen and oxygen atoms in total. The molecule has 4 heteroatoms. The van der Waals surface area contributed by atoms with Crippen LogP contribution in [-0.4, -0.2) is 15.0 Å². The summed E-state index contributed by atoms with van der Waals surface area (Å²) < 4.78 is 6.49. The van der Waals surface area contributed by atoms with E-state index in [1.165, 1.54) is 16.2 Å². The van der Waals surface area contributed by atoms with Gasteiger partial charge in [0, 0.05) is 33.8 Å². The number of pyridine rings is 1. The predicted octanol–water partition coefficient (Wildman–Crippen LogP) is 12.4. The third kappa shape index (κ3) is 5.22. The van der Waals surface area contributed by atoms with Crippen LogP contribution >= 0.6 is 0 Å². The number of fused-ring (bicyclic) bond motifs is 5. The maximum atomic E-state index is 6.49. The summed E-state index contributed by atoms with van der Waals surface area (Å²) in [6, 6.07) is 59.2. The van der Waals surface area contributed by atoms with Gasteiger partial charge in [0.15, 0.2) is 11.4 Å². The summed E-state index contributed by atoms with van der Waals surface area (Å²) in [5, 5.41) is 5.74. The Hall–Kier alpha value is -6.91. The SMILES string of the molecule is c1ccc(-c2cc(-c3cc(-c4ccc5ccccc5c4)cc(-c4ccnc5c4oc4ccccc45)c3)nc(-c3ccc4ccccc4c3)n2)cc1. The molecule has 7 aromatic carbocycles. The minimum absolute atomic E-state index is 0.679. The van der Waals surface area contributed by atoms with Gasteiger partial charge in [0.05, 0.1) is 11.4 Å². The van der Waals surface area contributed by atoms with Crippen LogP contribution in [0.25, 0.3) is 99.8 Å². The van der Waals surface area contributed by atoms with Crippen molar-refractivity contribution in [2.45, 2.75) is 0 Å². The van der Waals surface area contributed by atoms with Crippen LogP contribution in [0.3, 0.4) is 0 Å². The van der Waals surface area contributed by atoms with Gasteiger partial charge in [-0.25, -0.2) is 9.97 Å². The first-order valence-corrected chi connectivity index (χ1v) is 17.1. The van der Waals surface area contributed by atoms with E-state index in [0.29, 0.717) is 5.82 Å². The van der Waals surface area contributed by atoms with Crippen LogP contribution in [0.1, 0.15) is 0 Å². The van der Waals surface area contributed by atoms with Crippen molar-refractivity contribution in [1.82, 2.24) is 15.0 Å². The summed E-state index contributed by atoms with van der Waals surface area (Å²) >= 11 is 0. The fourth-order valence-electron chi connectivity index (χ4n) is 7.11. The third-order valence-electron chi connectivity index (χ3n) is 9.68. The van der Waals surface area contributed by atoms with Crippen LogP contribution in [0.4, 0.5) is 0 Å². The van der Waals surface area contributed by atoms with Crippen LogP contribution in [-0.2, 0) is 0 Å². The van der Waals surface area contributed by atoms with Crippen LogP contribution < -0.4 is 0 Å². The fraction of sp³-hybridized carbons (Fsp3) is 0. The number of hydrogen-bond donors (Lipinski definition) is 0. The summed E-state index contributed by atoms with van der Waals surface area (Å²) in [7, 11) is 0. The molecule has 238 valence electrons. The highest BCUT2D eigenvalue weighted by molar-refractivity contribution is 6.07. The Labute approximate surface area is 294 Å². The second-order valence-electron chi connectivity index (χ2n) is 12.9. The average Bonchev–Trinajstić information content (AvgIpc) is 3.59. The molecular weight excluding hydrogens is 623 g/mol. The normalized spacial score (nSPS) is 11.5. The summed E-state index contributed by atoms with van der Waals surface area (Å²) in [6.45, 7) is 0. The molecule has 0 bridgehead atoms. The number of furan rings is 1. The second kappa shape index (κ2) is 11.9. The molecule has 0 saturated carbocycles. The first-order chi connectivity index (χ1) is 25.2. The average molecular weight is 652 g/mol. The van der Waals surface area contributed by atoms with Crippen molar-refractivity contribution in [3.8, 4) is 56.2 Å². The van der Waals surface area contributed by atoms with E-state index in [4.69, 9.17) is 19.4 Å². The molecule has 0 radical (unpaired) electrons. The molecule has 0 spiro atoms. The van der Waals surface area contributed by atoms with Crippen molar-refractivity contribution in [2.24, 2.45) is 0 Å². The maximum Gasteiger partial charge on any atom is 0.161 e. The number of nitrogens with zero attached hydrogens (tertiary/aromatic N) is 3. The Kier molecular flexibility index (Phi) is 6.78. The molecule has 0 amide bonds. The van der Waals surface area contributed by atoms with Gasteiger partial charge in [0.1, 0.15) is 11.1 Å². The quantitative estimate of drug-likeness (QED) is 0.186. The van der Waals surface area contributed by atoms with Crippen LogP contribution in [0.2, 0.25) is 0 Å². The molecule has 0 aliphatic rings. The van der Waals surface area contributed by atoms with Gasteiger partial charge in [-0.2, -0.15) is 0 Å². The van der Waals surface area contributed by atoms with Crippen molar-refractivity contribution < 1.29 is 4.42 Å². The maximum absolute atomic E-state index is 6.49. The topological polar surface area (TPSA) is 51.8 Å². The van der Waals surface area contributed by atoms with Gasteiger partial charge < -0.3 is 4.42 Å². The lowest BCUT2D eigenvalue weighted by molar-refractivity contribution is 0.669. The van der Waals surface area contributed by atoms with Crippen LogP contribution in [0.15, 0.2) is 180 Å². The smallest absolute Gasteiger partial charge is 0.161 e. The van der Waals surface area contributed by atoms with Crippen molar-refractivity contribution in [3.05, 3.63) is 176 Å². The lowest BCUT2D eigenvalue weighted by atomic mass is 9.93. The predicted molar refractivity (Wildman–Crippen MR) is 209 cm³/mol. The van der Waals surface area contributed by atoms with Crippen molar-refractivity contribution >= 4 is 43.6 Å². The van der Waals surface area contributed by atoms with Crippen LogP contribution in [0, 0.1) is 0 Å².